The molecule has 4 heteroatoms. The van der Waals surface area contributed by atoms with Gasteiger partial charge in [0.15, 0.2) is 0 Å². The summed E-state index contributed by atoms with van der Waals surface area (Å²) in [6.45, 7) is 5.98. The highest BCUT2D eigenvalue weighted by Crippen LogP contribution is 2.45. The number of aryl methyl sites for hydroxylation is 2. The molecule has 22 heavy (non-hydrogen) atoms. The molecule has 0 spiro atoms. The first-order valence-electron chi connectivity index (χ1n) is 7.90. The molecule has 1 aromatic heterocycles. The Morgan fingerprint density at radius 3 is 2.55 bits per heavy atom. The molecular weight excluding hydrogens is 274 g/mol. The Bertz CT molecular complexity index is 651. The van der Waals surface area contributed by atoms with Crippen LogP contribution in [0.3, 0.4) is 0 Å². The number of nitrogens with zero attached hydrogens (tertiary/aromatic N) is 1. The van der Waals surface area contributed by atoms with Gasteiger partial charge < -0.3 is 5.32 Å². The molecule has 2 N–H and O–H groups in total. The first-order valence-corrected chi connectivity index (χ1v) is 7.90. The van der Waals surface area contributed by atoms with Crippen molar-refractivity contribution in [1.82, 2.24) is 15.5 Å². The van der Waals surface area contributed by atoms with Crippen LogP contribution in [-0.2, 0) is 16.8 Å². The standard InChI is InChI=1S/C18H23N3O/c1-12(11-16-13(2)20-21-14(16)3)17(22)19-18(9-10-18)15-7-5-4-6-8-15/h4-8,12H,9-11H2,1-3H3,(H,19,22)(H,20,21)/t12-/m0/s1. The number of H-pyrrole nitrogens is 1. The van der Waals surface area contributed by atoms with E-state index in [1.54, 1.807) is 0 Å². The summed E-state index contributed by atoms with van der Waals surface area (Å²) < 4.78 is 0. The van der Waals surface area contributed by atoms with Crippen LogP contribution in [0.1, 0.15) is 42.3 Å². The van der Waals surface area contributed by atoms with Crippen molar-refractivity contribution in [2.45, 2.75) is 45.6 Å². The number of hydrogen-bond donors (Lipinski definition) is 2. The molecule has 1 aromatic carbocycles. The van der Waals surface area contributed by atoms with Crippen LogP contribution in [0.4, 0.5) is 0 Å². The molecule has 0 bridgehead atoms. The van der Waals surface area contributed by atoms with Gasteiger partial charge in [0.2, 0.25) is 5.91 Å². The van der Waals surface area contributed by atoms with E-state index >= 15 is 0 Å². The lowest BCUT2D eigenvalue weighted by Crippen LogP contribution is -2.38. The van der Waals surface area contributed by atoms with Gasteiger partial charge in [-0.2, -0.15) is 5.10 Å². The molecule has 0 saturated heterocycles. The average molecular weight is 297 g/mol. The predicted molar refractivity (Wildman–Crippen MR) is 86.4 cm³/mol. The van der Waals surface area contributed by atoms with Crippen LogP contribution >= 0.6 is 0 Å². The number of nitrogens with one attached hydrogen (secondary N) is 2. The number of benzene rings is 1. The number of hydrogen-bond acceptors (Lipinski definition) is 2. The number of aromatic nitrogens is 2. The van der Waals surface area contributed by atoms with Crippen LogP contribution in [0.2, 0.25) is 0 Å². The van der Waals surface area contributed by atoms with E-state index in [1.807, 2.05) is 39.0 Å². The molecule has 0 radical (unpaired) electrons. The molecule has 3 rings (SSSR count). The SMILES string of the molecule is Cc1n[nH]c(C)c1C[C@H](C)C(=O)NC1(c2ccccc2)CC1. The molecule has 0 unspecified atom stereocenters. The molecule has 1 fully saturated rings. The molecule has 1 heterocycles. The Hall–Kier alpha value is -2.10. The molecule has 1 aliphatic rings. The van der Waals surface area contributed by atoms with Crippen molar-refractivity contribution in [3.8, 4) is 0 Å². The maximum atomic E-state index is 12.6. The quantitative estimate of drug-likeness (QED) is 0.891. The summed E-state index contributed by atoms with van der Waals surface area (Å²) in [5.41, 5.74) is 4.29. The Morgan fingerprint density at radius 1 is 1.32 bits per heavy atom. The summed E-state index contributed by atoms with van der Waals surface area (Å²) in [6.07, 6.45) is 2.78. The zero-order valence-corrected chi connectivity index (χ0v) is 13.4. The third kappa shape index (κ3) is 2.78. The molecule has 116 valence electrons. The lowest BCUT2D eigenvalue weighted by Gasteiger charge is -2.21. The second kappa shape index (κ2) is 5.59. The predicted octanol–water partition coefficient (Wildman–Crippen LogP) is 3.01. The molecule has 2 aromatic rings. The fourth-order valence-corrected chi connectivity index (χ4v) is 3.00. The van der Waals surface area contributed by atoms with Gasteiger partial charge in [0.1, 0.15) is 0 Å². The second-order valence-corrected chi connectivity index (χ2v) is 6.46. The highest BCUT2D eigenvalue weighted by atomic mass is 16.2. The van der Waals surface area contributed by atoms with Gasteiger partial charge in [-0.3, -0.25) is 9.89 Å². The number of amides is 1. The number of rotatable bonds is 5. The third-order valence-electron chi connectivity index (χ3n) is 4.68. The molecule has 1 aliphatic carbocycles. The Labute approximate surface area is 131 Å². The maximum absolute atomic E-state index is 12.6. The third-order valence-corrected chi connectivity index (χ3v) is 4.68. The monoisotopic (exact) mass is 297 g/mol. The smallest absolute Gasteiger partial charge is 0.223 e. The van der Waals surface area contributed by atoms with Crippen molar-refractivity contribution in [2.75, 3.05) is 0 Å². The summed E-state index contributed by atoms with van der Waals surface area (Å²) in [6, 6.07) is 10.3. The highest BCUT2D eigenvalue weighted by molar-refractivity contribution is 5.80. The summed E-state index contributed by atoms with van der Waals surface area (Å²) in [5.74, 6) is 0.0672. The number of carbonyl (C=O) groups is 1. The molecule has 1 saturated carbocycles. The minimum atomic E-state index is -0.132. The Kier molecular flexibility index (Phi) is 3.77. The average Bonchev–Trinajstić information content (AvgIpc) is 3.24. The van der Waals surface area contributed by atoms with E-state index in [-0.39, 0.29) is 17.4 Å². The van der Waals surface area contributed by atoms with Gasteiger partial charge in [0, 0.05) is 11.6 Å². The fraction of sp³-hybridized carbons (Fsp3) is 0.444. The van der Waals surface area contributed by atoms with Crippen molar-refractivity contribution in [1.29, 1.82) is 0 Å². The first-order chi connectivity index (χ1) is 10.5. The molecule has 0 aliphatic heterocycles. The summed E-state index contributed by atoms with van der Waals surface area (Å²) in [7, 11) is 0. The fourth-order valence-electron chi connectivity index (χ4n) is 3.00. The van der Waals surface area contributed by atoms with Crippen LogP contribution in [-0.4, -0.2) is 16.1 Å². The van der Waals surface area contributed by atoms with Crippen LogP contribution in [0.5, 0.6) is 0 Å². The zero-order chi connectivity index (χ0) is 15.7. The van der Waals surface area contributed by atoms with Crippen molar-refractivity contribution >= 4 is 5.91 Å². The largest absolute Gasteiger partial charge is 0.346 e. The van der Waals surface area contributed by atoms with Gasteiger partial charge >= 0.3 is 0 Å². The van der Waals surface area contributed by atoms with E-state index in [4.69, 9.17) is 0 Å². The summed E-state index contributed by atoms with van der Waals surface area (Å²) >= 11 is 0. The summed E-state index contributed by atoms with van der Waals surface area (Å²) in [5, 5.41) is 10.5. The van der Waals surface area contributed by atoms with Gasteiger partial charge in [-0.1, -0.05) is 37.3 Å². The van der Waals surface area contributed by atoms with Gasteiger partial charge in [0.25, 0.3) is 0 Å². The molecular formula is C18H23N3O. The van der Waals surface area contributed by atoms with E-state index in [0.29, 0.717) is 0 Å². The lowest BCUT2D eigenvalue weighted by atomic mass is 9.97. The van der Waals surface area contributed by atoms with Crippen molar-refractivity contribution in [2.24, 2.45) is 5.92 Å². The lowest BCUT2D eigenvalue weighted by molar-refractivity contribution is -0.125. The van der Waals surface area contributed by atoms with Crippen LogP contribution in [0, 0.1) is 19.8 Å². The highest BCUT2D eigenvalue weighted by Gasteiger charge is 2.45. The maximum Gasteiger partial charge on any atom is 0.223 e. The van der Waals surface area contributed by atoms with E-state index in [1.165, 1.54) is 5.56 Å². The molecule has 1 atom stereocenters. The van der Waals surface area contributed by atoms with Crippen molar-refractivity contribution in [3.05, 3.63) is 52.8 Å². The first kappa shape index (κ1) is 14.8. The van der Waals surface area contributed by atoms with E-state index in [2.05, 4.69) is 27.6 Å². The topological polar surface area (TPSA) is 57.8 Å². The zero-order valence-electron chi connectivity index (χ0n) is 13.4. The van der Waals surface area contributed by atoms with Crippen molar-refractivity contribution in [3.63, 3.8) is 0 Å². The van der Waals surface area contributed by atoms with E-state index < -0.39 is 0 Å². The molecule has 4 nitrogen and oxygen atoms in total. The van der Waals surface area contributed by atoms with Crippen LogP contribution in [0.25, 0.3) is 0 Å². The van der Waals surface area contributed by atoms with Crippen molar-refractivity contribution < 1.29 is 4.79 Å². The van der Waals surface area contributed by atoms with E-state index in [0.717, 1.165) is 36.2 Å². The second-order valence-electron chi connectivity index (χ2n) is 6.46. The minimum absolute atomic E-state index is 0.0591. The minimum Gasteiger partial charge on any atom is -0.346 e. The normalized spacial score (nSPS) is 17.0. The number of carbonyl (C=O) groups excluding carboxylic acids is 1. The van der Waals surface area contributed by atoms with Gasteiger partial charge in [-0.15, -0.1) is 0 Å². The molecule has 1 amide bonds. The Morgan fingerprint density at radius 2 is 2.00 bits per heavy atom. The Balaban J connectivity index is 1.67. The number of aromatic amines is 1. The van der Waals surface area contributed by atoms with E-state index in [9.17, 15) is 4.79 Å². The van der Waals surface area contributed by atoms with Gasteiger partial charge in [-0.05, 0) is 44.2 Å². The summed E-state index contributed by atoms with van der Waals surface area (Å²) in [4.78, 5) is 12.6. The van der Waals surface area contributed by atoms with Gasteiger partial charge in [-0.25, -0.2) is 0 Å². The van der Waals surface area contributed by atoms with Crippen LogP contribution in [0.15, 0.2) is 30.3 Å². The van der Waals surface area contributed by atoms with Crippen LogP contribution < -0.4 is 5.32 Å². The van der Waals surface area contributed by atoms with Gasteiger partial charge in [0.05, 0.1) is 11.2 Å².